The van der Waals surface area contributed by atoms with Gasteiger partial charge in [-0.15, -0.1) is 0 Å². The van der Waals surface area contributed by atoms with Crippen molar-refractivity contribution in [1.82, 2.24) is 10.6 Å². The van der Waals surface area contributed by atoms with E-state index in [1.165, 1.54) is 0 Å². The molecule has 0 aliphatic carbocycles. The summed E-state index contributed by atoms with van der Waals surface area (Å²) in [6, 6.07) is -0.143. The molecule has 0 unspecified atom stereocenters. The van der Waals surface area contributed by atoms with Gasteiger partial charge in [0.15, 0.2) is 0 Å². The lowest BCUT2D eigenvalue weighted by Crippen LogP contribution is -2.37. The van der Waals surface area contributed by atoms with E-state index in [1.54, 1.807) is 11.8 Å². The predicted molar refractivity (Wildman–Crippen MR) is 79.7 cm³/mol. The highest BCUT2D eigenvalue weighted by Crippen LogP contribution is 2.25. The smallest absolute Gasteiger partial charge is 0.314 e. The fourth-order valence-corrected chi connectivity index (χ4v) is 2.00. The summed E-state index contributed by atoms with van der Waals surface area (Å²) in [5.41, 5.74) is -0.0650. The number of carboxylic acid groups (broad SMARTS) is 1. The van der Waals surface area contributed by atoms with Crippen LogP contribution in [-0.2, 0) is 4.79 Å². The van der Waals surface area contributed by atoms with Crippen molar-refractivity contribution >= 4 is 23.8 Å². The van der Waals surface area contributed by atoms with Crippen molar-refractivity contribution in [2.45, 2.75) is 39.5 Å². The van der Waals surface area contributed by atoms with Crippen LogP contribution >= 0.6 is 11.8 Å². The number of nitrogens with one attached hydrogen (secondary N) is 2. The van der Waals surface area contributed by atoms with Crippen molar-refractivity contribution in [3.63, 3.8) is 0 Å². The summed E-state index contributed by atoms with van der Waals surface area (Å²) in [6.07, 6.45) is 4.59. The Labute approximate surface area is 119 Å². The second-order valence-electron chi connectivity index (χ2n) is 5.34. The first-order valence-corrected chi connectivity index (χ1v) is 7.99. The lowest BCUT2D eigenvalue weighted by atomic mass is 9.84. The highest BCUT2D eigenvalue weighted by atomic mass is 32.2. The summed E-state index contributed by atoms with van der Waals surface area (Å²) in [7, 11) is 0. The Kier molecular flexibility index (Phi) is 9.47. The highest BCUT2D eigenvalue weighted by molar-refractivity contribution is 7.98. The lowest BCUT2D eigenvalue weighted by Gasteiger charge is -2.23. The number of rotatable bonds is 10. The van der Waals surface area contributed by atoms with Gasteiger partial charge in [0.2, 0.25) is 0 Å². The average Bonchev–Trinajstić information content (AvgIpc) is 2.32. The Morgan fingerprint density at radius 2 is 1.79 bits per heavy atom. The van der Waals surface area contributed by atoms with E-state index >= 15 is 0 Å². The molecule has 0 aromatic heterocycles. The van der Waals surface area contributed by atoms with Crippen LogP contribution in [0.5, 0.6) is 0 Å². The molecule has 0 atom stereocenters. The Hall–Kier alpha value is -0.910. The fraction of sp³-hybridized carbons (Fsp3) is 0.846. The summed E-state index contributed by atoms with van der Waals surface area (Å²) in [6.45, 7) is 5.30. The van der Waals surface area contributed by atoms with Crippen LogP contribution in [0.1, 0.15) is 39.5 Å². The van der Waals surface area contributed by atoms with Gasteiger partial charge in [0.25, 0.3) is 0 Å². The van der Waals surface area contributed by atoms with Crippen LogP contribution in [0, 0.1) is 5.41 Å². The molecule has 0 aromatic rings. The number of amides is 2. The third kappa shape index (κ3) is 11.9. The van der Waals surface area contributed by atoms with Gasteiger partial charge in [-0.25, -0.2) is 4.79 Å². The van der Waals surface area contributed by atoms with Gasteiger partial charge < -0.3 is 15.7 Å². The molecule has 0 aliphatic heterocycles. The fourth-order valence-electron chi connectivity index (χ4n) is 1.57. The third-order valence-corrected chi connectivity index (χ3v) is 3.61. The number of carboxylic acids is 1. The van der Waals surface area contributed by atoms with E-state index in [-0.39, 0.29) is 17.9 Å². The van der Waals surface area contributed by atoms with Crippen molar-refractivity contribution in [1.29, 1.82) is 0 Å². The largest absolute Gasteiger partial charge is 0.481 e. The van der Waals surface area contributed by atoms with E-state index < -0.39 is 5.97 Å². The molecule has 0 saturated heterocycles. The zero-order valence-electron chi connectivity index (χ0n) is 12.1. The number of aliphatic carboxylic acids is 1. The van der Waals surface area contributed by atoms with Crippen molar-refractivity contribution in [2.24, 2.45) is 5.41 Å². The Morgan fingerprint density at radius 3 is 2.37 bits per heavy atom. The number of hydrogen-bond acceptors (Lipinski definition) is 3. The van der Waals surface area contributed by atoms with Crippen LogP contribution in [0.25, 0.3) is 0 Å². The Morgan fingerprint density at radius 1 is 1.16 bits per heavy atom. The van der Waals surface area contributed by atoms with Gasteiger partial charge in [-0.2, -0.15) is 11.8 Å². The van der Waals surface area contributed by atoms with E-state index in [0.717, 1.165) is 18.6 Å². The quantitative estimate of drug-likeness (QED) is 0.540. The van der Waals surface area contributed by atoms with Gasteiger partial charge in [0, 0.05) is 19.5 Å². The third-order valence-electron chi connectivity index (χ3n) is 2.91. The van der Waals surface area contributed by atoms with Crippen LogP contribution in [-0.4, -0.2) is 42.2 Å². The van der Waals surface area contributed by atoms with Gasteiger partial charge in [-0.3, -0.25) is 4.79 Å². The molecule has 2 amide bonds. The number of hydrogen-bond donors (Lipinski definition) is 3. The minimum absolute atomic E-state index is 0.0650. The van der Waals surface area contributed by atoms with Gasteiger partial charge in [-0.05, 0) is 36.7 Å². The molecule has 112 valence electrons. The molecule has 0 rings (SSSR count). The molecule has 19 heavy (non-hydrogen) atoms. The van der Waals surface area contributed by atoms with Crippen LogP contribution in [0.2, 0.25) is 0 Å². The Balaban J connectivity index is 3.64. The summed E-state index contributed by atoms with van der Waals surface area (Å²) < 4.78 is 0. The van der Waals surface area contributed by atoms with Crippen molar-refractivity contribution in [3.05, 3.63) is 0 Å². The zero-order valence-corrected chi connectivity index (χ0v) is 12.9. The standard InChI is InChI=1S/C13H26N2O3S/c1-13(2,6-5-11(16)17)7-9-15-12(18)14-8-4-10-19-3/h4-10H2,1-3H3,(H,16,17)(H2,14,15,18). The maximum absolute atomic E-state index is 11.4. The predicted octanol–water partition coefficient (Wildman–Crippen LogP) is 2.32. The molecule has 0 fully saturated rings. The van der Waals surface area contributed by atoms with Gasteiger partial charge in [0.05, 0.1) is 0 Å². The molecule has 0 spiro atoms. The summed E-state index contributed by atoms with van der Waals surface area (Å²) >= 11 is 1.76. The van der Waals surface area contributed by atoms with E-state index in [9.17, 15) is 9.59 Å². The maximum Gasteiger partial charge on any atom is 0.314 e. The van der Waals surface area contributed by atoms with E-state index in [1.807, 2.05) is 20.1 Å². The summed E-state index contributed by atoms with van der Waals surface area (Å²) in [4.78, 5) is 22.0. The number of urea groups is 1. The molecule has 0 radical (unpaired) electrons. The first-order chi connectivity index (χ1) is 8.87. The van der Waals surface area contributed by atoms with Gasteiger partial charge in [-0.1, -0.05) is 13.8 Å². The lowest BCUT2D eigenvalue weighted by molar-refractivity contribution is -0.137. The SMILES string of the molecule is CSCCCNC(=O)NCCC(C)(C)CCC(=O)O. The van der Waals surface area contributed by atoms with Gasteiger partial charge in [0.1, 0.15) is 0 Å². The molecule has 0 saturated carbocycles. The minimum atomic E-state index is -0.771. The molecular formula is C13H26N2O3S. The normalized spacial score (nSPS) is 11.1. The number of carbonyl (C=O) groups excluding carboxylic acids is 1. The summed E-state index contributed by atoms with van der Waals surface area (Å²) in [5, 5.41) is 14.2. The van der Waals surface area contributed by atoms with Crippen LogP contribution in [0.4, 0.5) is 4.79 Å². The van der Waals surface area contributed by atoms with Crippen molar-refractivity contribution < 1.29 is 14.7 Å². The zero-order chi connectivity index (χ0) is 14.7. The topological polar surface area (TPSA) is 78.4 Å². The molecule has 0 heterocycles. The molecule has 0 aliphatic rings. The van der Waals surface area contributed by atoms with Crippen LogP contribution in [0.3, 0.4) is 0 Å². The molecule has 0 aromatic carbocycles. The molecule has 6 heteroatoms. The second-order valence-corrected chi connectivity index (χ2v) is 6.32. The van der Waals surface area contributed by atoms with Crippen LogP contribution in [0.15, 0.2) is 0 Å². The highest BCUT2D eigenvalue weighted by Gasteiger charge is 2.19. The first-order valence-electron chi connectivity index (χ1n) is 6.60. The summed E-state index contributed by atoms with van der Waals surface area (Å²) in [5.74, 6) is 0.273. The van der Waals surface area contributed by atoms with Crippen molar-refractivity contribution in [3.8, 4) is 0 Å². The van der Waals surface area contributed by atoms with Crippen LogP contribution < -0.4 is 10.6 Å². The first kappa shape index (κ1) is 18.1. The minimum Gasteiger partial charge on any atom is -0.481 e. The molecule has 3 N–H and O–H groups in total. The Bertz CT molecular complexity index is 283. The van der Waals surface area contributed by atoms with Crippen molar-refractivity contribution in [2.75, 3.05) is 25.1 Å². The molecule has 0 bridgehead atoms. The van der Waals surface area contributed by atoms with Gasteiger partial charge >= 0.3 is 12.0 Å². The van der Waals surface area contributed by atoms with E-state index in [4.69, 9.17) is 5.11 Å². The number of thioether (sulfide) groups is 1. The average molecular weight is 290 g/mol. The molecular weight excluding hydrogens is 264 g/mol. The van der Waals surface area contributed by atoms with E-state index in [2.05, 4.69) is 10.6 Å². The molecule has 5 nitrogen and oxygen atoms in total. The number of carbonyl (C=O) groups is 2. The van der Waals surface area contributed by atoms with E-state index in [0.29, 0.717) is 19.5 Å². The maximum atomic E-state index is 11.4. The monoisotopic (exact) mass is 290 g/mol. The second kappa shape index (κ2) is 9.95.